The number of aliphatic hydroxyl groups excluding tert-OH is 1. The van der Waals surface area contributed by atoms with Gasteiger partial charge in [-0.05, 0) is 62.1 Å². The van der Waals surface area contributed by atoms with E-state index in [0.717, 1.165) is 24.6 Å². The maximum Gasteiger partial charge on any atom is 0.513 e. The number of aliphatic hydroxyl groups is 1. The fraction of sp³-hybridized carbons (Fsp3) is 0.297. The maximum absolute atomic E-state index is 13.8. The minimum absolute atomic E-state index is 0.0443. The normalized spacial score (nSPS) is 14.2. The second-order valence-electron chi connectivity index (χ2n) is 11.4. The number of aromatic hydroxyl groups is 1. The zero-order valence-electron chi connectivity index (χ0n) is 27.2. The number of fused-ring (bicyclic) bond motifs is 1. The molecule has 264 valence electrons. The first kappa shape index (κ1) is 37.8. The number of carbonyl (C=O) groups excluding carboxylic acids is 1. The molecule has 9 nitrogen and oxygen atoms in total. The Balaban J connectivity index is 1.61. The third kappa shape index (κ3) is 9.16. The van der Waals surface area contributed by atoms with E-state index in [2.05, 4.69) is 0 Å². The van der Waals surface area contributed by atoms with Crippen molar-refractivity contribution in [1.82, 2.24) is 0 Å². The minimum Gasteiger partial charge on any atom is -0.507 e. The van der Waals surface area contributed by atoms with Gasteiger partial charge in [0.2, 0.25) is 0 Å². The van der Waals surface area contributed by atoms with Crippen molar-refractivity contribution in [3.63, 3.8) is 0 Å². The minimum atomic E-state index is -4.71. The van der Waals surface area contributed by atoms with Crippen LogP contribution in [0.15, 0.2) is 69.9 Å². The van der Waals surface area contributed by atoms with Crippen molar-refractivity contribution in [2.24, 2.45) is 0 Å². The summed E-state index contributed by atoms with van der Waals surface area (Å²) in [7, 11) is 0. The van der Waals surface area contributed by atoms with Crippen molar-refractivity contribution in [2.75, 3.05) is 6.61 Å². The Morgan fingerprint density at radius 2 is 1.92 bits per heavy atom. The highest BCUT2D eigenvalue weighted by Crippen LogP contribution is 2.38. The number of hydrogen-bond acceptors (Lipinski definition) is 9. The second kappa shape index (κ2) is 16.6. The van der Waals surface area contributed by atoms with Crippen molar-refractivity contribution in [1.29, 1.82) is 0 Å². The number of rotatable bonds is 14. The fourth-order valence-corrected chi connectivity index (χ4v) is 5.64. The van der Waals surface area contributed by atoms with Crippen LogP contribution < -0.4 is 25.5 Å². The molecule has 0 radical (unpaired) electrons. The topological polar surface area (TPSA) is 144 Å². The van der Waals surface area contributed by atoms with Gasteiger partial charge in [0.05, 0.1) is 34.6 Å². The van der Waals surface area contributed by atoms with Gasteiger partial charge in [-0.2, -0.15) is 13.2 Å². The quantitative estimate of drug-likeness (QED) is 0.0543. The van der Waals surface area contributed by atoms with Crippen LogP contribution in [0.3, 0.4) is 0 Å². The molecule has 0 fully saturated rings. The summed E-state index contributed by atoms with van der Waals surface area (Å²) >= 11 is 5.17. The van der Waals surface area contributed by atoms with Gasteiger partial charge in [0.15, 0.2) is 11.2 Å². The molecule has 0 amide bonds. The van der Waals surface area contributed by atoms with E-state index in [1.807, 2.05) is 6.92 Å². The van der Waals surface area contributed by atoms with Crippen LogP contribution in [0.25, 0.3) is 12.2 Å². The number of phenolic OH excluding ortho intramolecular Hbond substituents is 1. The standard InChI is InChI=1S/C37H35F3O9S/c1-3-10-26-29(17-16-25(21(2)41)33(26)43)47-18-8-6-4-5-7-13-28(32(42)22-11-9-12-23(19-22)37(38,39)40)31-34(44)27-15-14-24(50)20-30(27)48-35(31)49-36(45)46/h4-5,7,9,11-13,15-17,19-20,28,32,42-43H,3,6,8,10,14,18H2,1-2H3,(H,45,46)/b5-4-,13-7+/t28-,32-/m0/s1. The van der Waals surface area contributed by atoms with E-state index < -0.39 is 46.9 Å². The Kier molecular flexibility index (Phi) is 12.5. The van der Waals surface area contributed by atoms with Gasteiger partial charge in [0.25, 0.3) is 0 Å². The summed E-state index contributed by atoms with van der Waals surface area (Å²) in [6.45, 7) is 3.60. The summed E-state index contributed by atoms with van der Waals surface area (Å²) in [4.78, 5) is 37.6. The van der Waals surface area contributed by atoms with Crippen LogP contribution >= 0.6 is 12.2 Å². The summed E-state index contributed by atoms with van der Waals surface area (Å²) in [6.07, 6.45) is 3.25. The van der Waals surface area contributed by atoms with Crippen LogP contribution in [0.1, 0.15) is 84.2 Å². The van der Waals surface area contributed by atoms with Gasteiger partial charge in [-0.25, -0.2) is 4.79 Å². The van der Waals surface area contributed by atoms with Crippen LogP contribution in [0.2, 0.25) is 0 Å². The van der Waals surface area contributed by atoms with E-state index in [-0.39, 0.29) is 46.3 Å². The van der Waals surface area contributed by atoms with Crippen LogP contribution in [-0.4, -0.2) is 38.7 Å². The van der Waals surface area contributed by atoms with E-state index in [1.165, 1.54) is 43.4 Å². The highest BCUT2D eigenvalue weighted by atomic mass is 32.1. The van der Waals surface area contributed by atoms with E-state index >= 15 is 0 Å². The molecule has 13 heteroatoms. The first-order valence-electron chi connectivity index (χ1n) is 15.7. The molecule has 1 aliphatic carbocycles. The lowest BCUT2D eigenvalue weighted by Crippen LogP contribution is -2.44. The number of ether oxygens (including phenoxy) is 2. The smallest absolute Gasteiger partial charge is 0.507 e. The van der Waals surface area contributed by atoms with Crippen LogP contribution in [0.5, 0.6) is 17.4 Å². The van der Waals surface area contributed by atoms with Crippen molar-refractivity contribution in [3.8, 4) is 17.4 Å². The predicted octanol–water partition coefficient (Wildman–Crippen LogP) is 6.70. The van der Waals surface area contributed by atoms with Crippen molar-refractivity contribution >= 4 is 41.2 Å². The monoisotopic (exact) mass is 712 g/mol. The number of alkyl halides is 3. The molecule has 1 aliphatic rings. The Bertz CT molecular complexity index is 2010. The number of halogens is 3. The largest absolute Gasteiger partial charge is 0.513 e. The predicted molar refractivity (Wildman–Crippen MR) is 183 cm³/mol. The number of phenols is 1. The molecular formula is C37H35F3O9S. The molecule has 1 aromatic heterocycles. The molecule has 3 aromatic rings. The Hall–Kier alpha value is -5.01. The average Bonchev–Trinajstić information content (AvgIpc) is 3.05. The first-order chi connectivity index (χ1) is 23.7. The van der Waals surface area contributed by atoms with Gasteiger partial charge in [0, 0.05) is 22.8 Å². The molecule has 0 saturated carbocycles. The number of ketones is 1. The van der Waals surface area contributed by atoms with E-state index in [0.29, 0.717) is 35.4 Å². The van der Waals surface area contributed by atoms with Crippen LogP contribution in [0.4, 0.5) is 18.0 Å². The maximum atomic E-state index is 13.8. The fourth-order valence-electron chi connectivity index (χ4n) is 5.45. The first-order valence-corrected chi connectivity index (χ1v) is 16.1. The molecule has 50 heavy (non-hydrogen) atoms. The van der Waals surface area contributed by atoms with E-state index in [9.17, 15) is 42.9 Å². The number of unbranched alkanes of at least 4 members (excludes halogenated alkanes) is 1. The van der Waals surface area contributed by atoms with Crippen molar-refractivity contribution in [3.05, 3.63) is 109 Å². The summed E-state index contributed by atoms with van der Waals surface area (Å²) in [5.74, 6) is -2.03. The Labute approximate surface area is 290 Å². The number of carbonyl (C=O) groups is 2. The third-order valence-corrected chi connectivity index (χ3v) is 8.13. The number of carboxylic acid groups (broad SMARTS) is 1. The second-order valence-corrected chi connectivity index (χ2v) is 12.0. The van der Waals surface area contributed by atoms with Gasteiger partial charge >= 0.3 is 18.3 Å². The molecular weight excluding hydrogens is 677 g/mol. The highest BCUT2D eigenvalue weighted by Gasteiger charge is 2.34. The van der Waals surface area contributed by atoms with Crippen molar-refractivity contribution in [2.45, 2.75) is 64.1 Å². The van der Waals surface area contributed by atoms with Gasteiger partial charge in [-0.3, -0.25) is 9.59 Å². The lowest BCUT2D eigenvalue weighted by atomic mass is 9.88. The Morgan fingerprint density at radius 1 is 1.16 bits per heavy atom. The summed E-state index contributed by atoms with van der Waals surface area (Å²) in [5, 5.41) is 31.4. The SMILES string of the molecule is CCCc1c(OCCC/C=C\C=C\[C@@H](c2c(OC(=O)O)oc3c(c2=O)=CCC(=S)C=3)[C@@H](O)c2cccc(C(F)(F)F)c2)ccc(C(C)=O)c1O. The zero-order chi connectivity index (χ0) is 36.6. The molecule has 0 bridgehead atoms. The molecule has 0 saturated heterocycles. The summed E-state index contributed by atoms with van der Waals surface area (Å²) in [5.41, 5.74) is -1.63. The van der Waals surface area contributed by atoms with Gasteiger partial charge in [-0.1, -0.05) is 68.1 Å². The average molecular weight is 713 g/mol. The zero-order valence-corrected chi connectivity index (χ0v) is 28.0. The van der Waals surface area contributed by atoms with Gasteiger partial charge in [0.1, 0.15) is 16.9 Å². The van der Waals surface area contributed by atoms with E-state index in [4.69, 9.17) is 26.1 Å². The lowest BCUT2D eigenvalue weighted by molar-refractivity contribution is -0.137. The molecule has 4 rings (SSSR count). The van der Waals surface area contributed by atoms with Gasteiger partial charge in [-0.15, -0.1) is 0 Å². The lowest BCUT2D eigenvalue weighted by Gasteiger charge is -2.22. The van der Waals surface area contributed by atoms with Crippen LogP contribution in [-0.2, 0) is 12.6 Å². The number of Topliss-reactive ketones (excluding diaryl/α,β-unsaturated/α-hetero) is 1. The van der Waals surface area contributed by atoms with E-state index in [1.54, 1.807) is 18.2 Å². The molecule has 0 unspecified atom stereocenters. The number of benzene rings is 2. The molecule has 3 N–H and O–H groups in total. The van der Waals surface area contributed by atoms with Gasteiger partial charge < -0.3 is 29.2 Å². The molecule has 2 atom stereocenters. The third-order valence-electron chi connectivity index (χ3n) is 7.84. The summed E-state index contributed by atoms with van der Waals surface area (Å²) < 4.78 is 56.9. The van der Waals surface area contributed by atoms with Crippen LogP contribution in [0, 0.1) is 0 Å². The molecule has 0 aliphatic heterocycles. The number of thiocarbonyl (C=S) groups is 1. The summed E-state index contributed by atoms with van der Waals surface area (Å²) in [6, 6.07) is 7.12. The molecule has 2 aromatic carbocycles. The van der Waals surface area contributed by atoms with Crippen molar-refractivity contribution < 1.29 is 52.0 Å². The highest BCUT2D eigenvalue weighted by molar-refractivity contribution is 7.81. The molecule has 0 spiro atoms. The number of hydrogen-bond donors (Lipinski definition) is 3. The molecule has 1 heterocycles. The Morgan fingerprint density at radius 3 is 2.60 bits per heavy atom. The number of allylic oxidation sites excluding steroid dienone is 3.